The molecule has 3 rings (SSSR count). The van der Waals surface area contributed by atoms with E-state index in [4.69, 9.17) is 5.73 Å². The summed E-state index contributed by atoms with van der Waals surface area (Å²) in [7, 11) is 0. The van der Waals surface area contributed by atoms with E-state index in [-0.39, 0.29) is 0 Å². The predicted octanol–water partition coefficient (Wildman–Crippen LogP) is 2.87. The summed E-state index contributed by atoms with van der Waals surface area (Å²) in [4.78, 5) is 2.57. The van der Waals surface area contributed by atoms with Gasteiger partial charge in [-0.15, -0.1) is 0 Å². The number of hydrogen-bond donors (Lipinski definition) is 1. The van der Waals surface area contributed by atoms with Crippen LogP contribution in [0.1, 0.15) is 30.4 Å². The topological polar surface area (TPSA) is 29.3 Å². The van der Waals surface area contributed by atoms with Gasteiger partial charge in [0.25, 0.3) is 0 Å². The summed E-state index contributed by atoms with van der Waals surface area (Å²) in [5, 5.41) is 0. The molecule has 1 aromatic rings. The standard InChI is InChI=1S/C14H20N2S/c1-17-14(6-3-7-14)10-16-8-11-4-2-5-13(15)12(11)9-16/h2,4-5H,3,6-10,15H2,1H3. The van der Waals surface area contributed by atoms with E-state index in [9.17, 15) is 0 Å². The number of thioether (sulfide) groups is 1. The highest BCUT2D eigenvalue weighted by Crippen LogP contribution is 2.44. The van der Waals surface area contributed by atoms with Gasteiger partial charge in [-0.3, -0.25) is 4.90 Å². The molecule has 0 saturated heterocycles. The van der Waals surface area contributed by atoms with E-state index in [1.165, 1.54) is 36.9 Å². The van der Waals surface area contributed by atoms with Crippen LogP contribution in [0.5, 0.6) is 0 Å². The Hall–Kier alpha value is -0.670. The van der Waals surface area contributed by atoms with Gasteiger partial charge in [-0.2, -0.15) is 11.8 Å². The first-order chi connectivity index (χ1) is 8.22. The van der Waals surface area contributed by atoms with Crippen molar-refractivity contribution in [3.63, 3.8) is 0 Å². The van der Waals surface area contributed by atoms with E-state index < -0.39 is 0 Å². The molecule has 0 bridgehead atoms. The van der Waals surface area contributed by atoms with Crippen LogP contribution >= 0.6 is 11.8 Å². The molecule has 17 heavy (non-hydrogen) atoms. The lowest BCUT2D eigenvalue weighted by Crippen LogP contribution is -2.43. The van der Waals surface area contributed by atoms with Gasteiger partial charge in [0.05, 0.1) is 0 Å². The number of benzene rings is 1. The van der Waals surface area contributed by atoms with E-state index >= 15 is 0 Å². The van der Waals surface area contributed by atoms with Gasteiger partial charge in [0, 0.05) is 30.1 Å². The van der Waals surface area contributed by atoms with Crippen molar-refractivity contribution in [2.45, 2.75) is 37.1 Å². The molecule has 1 fully saturated rings. The van der Waals surface area contributed by atoms with Gasteiger partial charge >= 0.3 is 0 Å². The van der Waals surface area contributed by atoms with E-state index in [1.54, 1.807) is 0 Å². The molecule has 0 spiro atoms. The van der Waals surface area contributed by atoms with E-state index in [0.717, 1.165) is 18.8 Å². The molecule has 1 aliphatic heterocycles. The molecule has 0 amide bonds. The minimum absolute atomic E-state index is 0.538. The second kappa shape index (κ2) is 4.21. The zero-order chi connectivity index (χ0) is 11.9. The van der Waals surface area contributed by atoms with Crippen LogP contribution in [0.4, 0.5) is 5.69 Å². The van der Waals surface area contributed by atoms with Gasteiger partial charge in [-0.05, 0) is 36.3 Å². The number of nitrogen functional groups attached to an aromatic ring is 1. The number of rotatable bonds is 3. The van der Waals surface area contributed by atoms with Crippen molar-refractivity contribution in [2.24, 2.45) is 0 Å². The maximum absolute atomic E-state index is 6.04. The molecule has 1 aliphatic carbocycles. The maximum Gasteiger partial charge on any atom is 0.0363 e. The molecule has 2 N–H and O–H groups in total. The van der Waals surface area contributed by atoms with Crippen molar-refractivity contribution >= 4 is 17.4 Å². The summed E-state index contributed by atoms with van der Waals surface area (Å²) >= 11 is 2.06. The average molecular weight is 248 g/mol. The monoisotopic (exact) mass is 248 g/mol. The SMILES string of the molecule is CSC1(CN2Cc3cccc(N)c3C2)CCC1. The van der Waals surface area contributed by atoms with Crippen LogP contribution in [0.2, 0.25) is 0 Å². The predicted molar refractivity (Wildman–Crippen MR) is 75.1 cm³/mol. The minimum atomic E-state index is 0.538. The second-order valence-electron chi connectivity index (χ2n) is 5.37. The number of nitrogens with two attached hydrogens (primary N) is 1. The van der Waals surface area contributed by atoms with Crippen molar-refractivity contribution < 1.29 is 0 Å². The summed E-state index contributed by atoms with van der Waals surface area (Å²) in [6.07, 6.45) is 6.44. The van der Waals surface area contributed by atoms with Crippen LogP contribution in [-0.4, -0.2) is 22.4 Å². The quantitative estimate of drug-likeness (QED) is 0.834. The van der Waals surface area contributed by atoms with E-state index in [0.29, 0.717) is 4.75 Å². The Morgan fingerprint density at radius 2 is 2.18 bits per heavy atom. The third kappa shape index (κ3) is 1.95. The highest BCUT2D eigenvalue weighted by molar-refractivity contribution is 8.00. The van der Waals surface area contributed by atoms with Crippen molar-refractivity contribution in [3.05, 3.63) is 29.3 Å². The molecule has 2 nitrogen and oxygen atoms in total. The Kier molecular flexibility index (Phi) is 2.83. The van der Waals surface area contributed by atoms with Gasteiger partial charge in [-0.1, -0.05) is 18.6 Å². The lowest BCUT2D eigenvalue weighted by atomic mass is 9.84. The summed E-state index contributed by atoms with van der Waals surface area (Å²) in [5.41, 5.74) is 9.81. The Morgan fingerprint density at radius 3 is 2.76 bits per heavy atom. The molecule has 0 aromatic heterocycles. The lowest BCUT2D eigenvalue weighted by Gasteiger charge is -2.43. The van der Waals surface area contributed by atoms with Crippen LogP contribution < -0.4 is 5.73 Å². The van der Waals surface area contributed by atoms with Gasteiger partial charge in [0.15, 0.2) is 0 Å². The van der Waals surface area contributed by atoms with Crippen molar-refractivity contribution in [1.29, 1.82) is 0 Å². The maximum atomic E-state index is 6.04. The first-order valence-electron chi connectivity index (χ1n) is 6.36. The molecule has 3 heteroatoms. The molecular formula is C14H20N2S. The average Bonchev–Trinajstić information content (AvgIpc) is 2.68. The Labute approximate surface area is 108 Å². The normalized spacial score (nSPS) is 22.2. The Bertz CT molecular complexity index is 421. The first-order valence-corrected chi connectivity index (χ1v) is 7.59. The second-order valence-corrected chi connectivity index (χ2v) is 6.65. The molecule has 0 atom stereocenters. The van der Waals surface area contributed by atoms with Gasteiger partial charge < -0.3 is 5.73 Å². The highest BCUT2D eigenvalue weighted by Gasteiger charge is 2.38. The molecule has 0 radical (unpaired) electrons. The fourth-order valence-electron chi connectivity index (χ4n) is 3.03. The van der Waals surface area contributed by atoms with Crippen LogP contribution in [-0.2, 0) is 13.1 Å². The smallest absolute Gasteiger partial charge is 0.0363 e. The van der Waals surface area contributed by atoms with Crippen LogP contribution in [0.15, 0.2) is 18.2 Å². The van der Waals surface area contributed by atoms with E-state index in [2.05, 4.69) is 35.1 Å². The van der Waals surface area contributed by atoms with Gasteiger partial charge in [0.1, 0.15) is 0 Å². The fourth-order valence-corrected chi connectivity index (χ4v) is 4.04. The van der Waals surface area contributed by atoms with Crippen molar-refractivity contribution in [1.82, 2.24) is 4.90 Å². The fraction of sp³-hybridized carbons (Fsp3) is 0.571. The highest BCUT2D eigenvalue weighted by atomic mass is 32.2. The summed E-state index contributed by atoms with van der Waals surface area (Å²) in [6, 6.07) is 6.32. The number of hydrogen-bond acceptors (Lipinski definition) is 3. The molecular weight excluding hydrogens is 228 g/mol. The molecule has 1 saturated carbocycles. The molecule has 1 heterocycles. The number of anilines is 1. The Morgan fingerprint density at radius 1 is 1.35 bits per heavy atom. The third-order valence-electron chi connectivity index (χ3n) is 4.29. The van der Waals surface area contributed by atoms with Gasteiger partial charge in [0.2, 0.25) is 0 Å². The molecule has 2 aliphatic rings. The van der Waals surface area contributed by atoms with Gasteiger partial charge in [-0.25, -0.2) is 0 Å². The zero-order valence-electron chi connectivity index (χ0n) is 10.4. The largest absolute Gasteiger partial charge is 0.398 e. The lowest BCUT2D eigenvalue weighted by molar-refractivity contribution is 0.204. The van der Waals surface area contributed by atoms with Crippen molar-refractivity contribution in [3.8, 4) is 0 Å². The molecule has 92 valence electrons. The molecule has 1 aromatic carbocycles. The summed E-state index contributed by atoms with van der Waals surface area (Å²) in [5.74, 6) is 0. The zero-order valence-corrected chi connectivity index (χ0v) is 11.2. The Balaban J connectivity index is 1.72. The van der Waals surface area contributed by atoms with E-state index in [1.807, 2.05) is 6.07 Å². The first kappa shape index (κ1) is 11.4. The number of fused-ring (bicyclic) bond motifs is 1. The van der Waals surface area contributed by atoms with Crippen LogP contribution in [0.3, 0.4) is 0 Å². The number of nitrogens with zero attached hydrogens (tertiary/aromatic N) is 1. The minimum Gasteiger partial charge on any atom is -0.398 e. The van der Waals surface area contributed by atoms with Crippen LogP contribution in [0.25, 0.3) is 0 Å². The summed E-state index contributed by atoms with van der Waals surface area (Å²) in [6.45, 7) is 3.36. The molecule has 0 unspecified atom stereocenters. The van der Waals surface area contributed by atoms with Crippen LogP contribution in [0, 0.1) is 0 Å². The third-order valence-corrected chi connectivity index (χ3v) is 5.70. The van der Waals surface area contributed by atoms with Crippen molar-refractivity contribution in [2.75, 3.05) is 18.5 Å². The summed E-state index contributed by atoms with van der Waals surface area (Å²) < 4.78 is 0.538.